The molecule has 158 valence electrons. The van der Waals surface area contributed by atoms with Crippen LogP contribution in [-0.4, -0.2) is 37.9 Å². The monoisotopic (exact) mass is 435 g/mol. The quantitative estimate of drug-likeness (QED) is 0.240. The number of aryl methyl sites for hydroxylation is 1. The van der Waals surface area contributed by atoms with E-state index < -0.39 is 4.92 Å². The van der Waals surface area contributed by atoms with Crippen LogP contribution in [0.4, 0.5) is 11.4 Å². The molecule has 3 aromatic rings. The molecule has 0 fully saturated rings. The first-order valence-corrected chi connectivity index (χ1v) is 10.9. The van der Waals surface area contributed by atoms with Crippen LogP contribution in [0.25, 0.3) is 11.4 Å². The summed E-state index contributed by atoms with van der Waals surface area (Å²) in [7, 11) is 0. The van der Waals surface area contributed by atoms with E-state index in [0.29, 0.717) is 18.2 Å². The number of aromatic nitrogens is 3. The fraction of sp³-hybridized carbons (Fsp3) is 0.227. The van der Waals surface area contributed by atoms with E-state index in [1.165, 1.54) is 17.8 Å². The third kappa shape index (κ3) is 4.36. The van der Waals surface area contributed by atoms with Gasteiger partial charge in [-0.3, -0.25) is 19.5 Å². The van der Waals surface area contributed by atoms with Crippen LogP contribution in [0, 0.1) is 10.1 Å². The first-order valence-electron chi connectivity index (χ1n) is 9.88. The van der Waals surface area contributed by atoms with E-state index in [-0.39, 0.29) is 17.3 Å². The lowest BCUT2D eigenvalue weighted by molar-refractivity contribution is -0.384. The number of anilines is 1. The van der Waals surface area contributed by atoms with Crippen molar-refractivity contribution in [2.75, 3.05) is 17.2 Å². The van der Waals surface area contributed by atoms with E-state index in [4.69, 9.17) is 0 Å². The summed E-state index contributed by atoms with van der Waals surface area (Å²) in [5.74, 6) is 0.862. The maximum Gasteiger partial charge on any atom is 0.269 e. The lowest BCUT2D eigenvalue weighted by Crippen LogP contribution is -2.36. The third-order valence-electron chi connectivity index (χ3n) is 5.08. The number of carbonyl (C=O) groups is 1. The van der Waals surface area contributed by atoms with Crippen molar-refractivity contribution in [1.82, 2.24) is 14.8 Å². The molecule has 0 N–H and O–H groups in total. The van der Waals surface area contributed by atoms with Gasteiger partial charge in [0.1, 0.15) is 0 Å². The average molecular weight is 436 g/mol. The Kier molecular flexibility index (Phi) is 6.13. The van der Waals surface area contributed by atoms with Crippen molar-refractivity contribution in [2.24, 2.45) is 0 Å². The minimum Gasteiger partial charge on any atom is -0.311 e. The molecule has 2 heterocycles. The number of hydrogen-bond acceptors (Lipinski definition) is 6. The van der Waals surface area contributed by atoms with Gasteiger partial charge in [-0.15, -0.1) is 16.8 Å². The number of thioether (sulfide) groups is 1. The van der Waals surface area contributed by atoms with E-state index in [1.807, 2.05) is 34.9 Å². The SMILES string of the molecule is C=CCn1c(SCC(=O)N2CCCc3cc([N+](=O)[O-])ccc32)nnc1-c1ccccc1. The average Bonchev–Trinajstić information content (AvgIpc) is 3.20. The molecule has 2 aromatic carbocycles. The molecular formula is C22H21N5O3S. The Bertz CT molecular complexity index is 1130. The smallest absolute Gasteiger partial charge is 0.269 e. The molecule has 9 heteroatoms. The molecule has 0 unspecified atom stereocenters. The van der Waals surface area contributed by atoms with Gasteiger partial charge in [-0.05, 0) is 24.5 Å². The number of hydrogen-bond donors (Lipinski definition) is 0. The summed E-state index contributed by atoms with van der Waals surface area (Å²) in [6.45, 7) is 4.94. The largest absolute Gasteiger partial charge is 0.311 e. The number of rotatable bonds is 7. The molecule has 1 amide bonds. The molecule has 0 atom stereocenters. The maximum atomic E-state index is 13.0. The van der Waals surface area contributed by atoms with Gasteiger partial charge >= 0.3 is 0 Å². The molecule has 0 aliphatic carbocycles. The second-order valence-electron chi connectivity index (χ2n) is 7.08. The predicted molar refractivity (Wildman–Crippen MR) is 120 cm³/mol. The summed E-state index contributed by atoms with van der Waals surface area (Å²) in [5.41, 5.74) is 2.58. The topological polar surface area (TPSA) is 94.2 Å². The highest BCUT2D eigenvalue weighted by atomic mass is 32.2. The second kappa shape index (κ2) is 9.13. The first kappa shape index (κ1) is 20.8. The zero-order chi connectivity index (χ0) is 21.8. The molecule has 0 radical (unpaired) electrons. The Morgan fingerprint density at radius 3 is 2.77 bits per heavy atom. The predicted octanol–water partition coefficient (Wildman–Crippen LogP) is 4.11. The van der Waals surface area contributed by atoms with Gasteiger partial charge < -0.3 is 4.90 Å². The van der Waals surface area contributed by atoms with Gasteiger partial charge in [0.25, 0.3) is 5.69 Å². The highest BCUT2D eigenvalue weighted by molar-refractivity contribution is 7.99. The summed E-state index contributed by atoms with van der Waals surface area (Å²) in [6.07, 6.45) is 3.27. The summed E-state index contributed by atoms with van der Waals surface area (Å²) < 4.78 is 1.94. The van der Waals surface area contributed by atoms with Gasteiger partial charge in [0, 0.05) is 36.5 Å². The van der Waals surface area contributed by atoms with Crippen molar-refractivity contribution in [2.45, 2.75) is 24.5 Å². The number of benzene rings is 2. The third-order valence-corrected chi connectivity index (χ3v) is 6.03. The molecule has 31 heavy (non-hydrogen) atoms. The van der Waals surface area contributed by atoms with Crippen LogP contribution in [0.3, 0.4) is 0 Å². The van der Waals surface area contributed by atoms with Crippen molar-refractivity contribution in [3.8, 4) is 11.4 Å². The van der Waals surface area contributed by atoms with E-state index in [1.54, 1.807) is 23.1 Å². The molecule has 0 saturated heterocycles. The van der Waals surface area contributed by atoms with Gasteiger partial charge in [0.15, 0.2) is 11.0 Å². The molecule has 4 rings (SSSR count). The van der Waals surface area contributed by atoms with Crippen molar-refractivity contribution < 1.29 is 9.72 Å². The number of amides is 1. The molecule has 0 saturated carbocycles. The number of nitro benzene ring substituents is 1. The number of allylic oxidation sites excluding steroid dienone is 1. The van der Waals surface area contributed by atoms with E-state index in [9.17, 15) is 14.9 Å². The van der Waals surface area contributed by atoms with Gasteiger partial charge in [0.2, 0.25) is 5.91 Å². The number of nitrogens with zero attached hydrogens (tertiary/aromatic N) is 5. The molecule has 0 spiro atoms. The van der Waals surface area contributed by atoms with Crippen molar-refractivity contribution >= 4 is 29.0 Å². The summed E-state index contributed by atoms with van der Waals surface area (Å²) in [6, 6.07) is 14.4. The molecule has 0 bridgehead atoms. The van der Waals surface area contributed by atoms with Crippen LogP contribution < -0.4 is 4.90 Å². The van der Waals surface area contributed by atoms with E-state index in [2.05, 4.69) is 16.8 Å². The Morgan fingerprint density at radius 2 is 2.03 bits per heavy atom. The van der Waals surface area contributed by atoms with Crippen molar-refractivity contribution in [1.29, 1.82) is 0 Å². The minimum absolute atomic E-state index is 0.0494. The van der Waals surface area contributed by atoms with Gasteiger partial charge in [-0.2, -0.15) is 0 Å². The maximum absolute atomic E-state index is 13.0. The lowest BCUT2D eigenvalue weighted by atomic mass is 10.0. The Hall–Kier alpha value is -3.46. The van der Waals surface area contributed by atoms with Crippen LogP contribution in [0.2, 0.25) is 0 Å². The van der Waals surface area contributed by atoms with Gasteiger partial charge in [0.05, 0.1) is 10.7 Å². The summed E-state index contributed by atoms with van der Waals surface area (Å²) >= 11 is 1.33. The lowest BCUT2D eigenvalue weighted by Gasteiger charge is -2.29. The fourth-order valence-corrected chi connectivity index (χ4v) is 4.47. The fourth-order valence-electron chi connectivity index (χ4n) is 3.65. The van der Waals surface area contributed by atoms with Crippen LogP contribution >= 0.6 is 11.8 Å². The van der Waals surface area contributed by atoms with Gasteiger partial charge in [-0.25, -0.2) is 0 Å². The van der Waals surface area contributed by atoms with Gasteiger partial charge in [-0.1, -0.05) is 48.2 Å². The number of fused-ring (bicyclic) bond motifs is 1. The second-order valence-corrected chi connectivity index (χ2v) is 8.02. The number of nitro groups is 1. The normalized spacial score (nSPS) is 13.0. The Morgan fingerprint density at radius 1 is 1.23 bits per heavy atom. The zero-order valence-corrected chi connectivity index (χ0v) is 17.6. The molecule has 8 nitrogen and oxygen atoms in total. The van der Waals surface area contributed by atoms with E-state index >= 15 is 0 Å². The van der Waals surface area contributed by atoms with Crippen molar-refractivity contribution in [3.05, 3.63) is 76.9 Å². The van der Waals surface area contributed by atoms with E-state index in [0.717, 1.165) is 35.5 Å². The molecule has 1 aromatic heterocycles. The summed E-state index contributed by atoms with van der Waals surface area (Å²) in [4.78, 5) is 25.3. The van der Waals surface area contributed by atoms with Crippen LogP contribution in [0.5, 0.6) is 0 Å². The van der Waals surface area contributed by atoms with Crippen LogP contribution in [-0.2, 0) is 17.8 Å². The Labute approximate surface area is 183 Å². The Balaban J connectivity index is 1.52. The standard InChI is InChI=1S/C22H21N5O3S/c1-2-12-26-21(16-7-4-3-5-8-16)23-24-22(26)31-15-20(28)25-13-6-9-17-14-18(27(29)30)10-11-19(17)25/h2-5,7-8,10-11,14H,1,6,9,12-13,15H2. The minimum atomic E-state index is -0.409. The first-order chi connectivity index (χ1) is 15.1. The van der Waals surface area contributed by atoms with Crippen LogP contribution in [0.15, 0.2) is 66.3 Å². The zero-order valence-electron chi connectivity index (χ0n) is 16.8. The molecule has 1 aliphatic heterocycles. The number of carbonyl (C=O) groups excluding carboxylic acids is 1. The molecular weight excluding hydrogens is 414 g/mol. The highest BCUT2D eigenvalue weighted by Crippen LogP contribution is 2.31. The highest BCUT2D eigenvalue weighted by Gasteiger charge is 2.25. The summed E-state index contributed by atoms with van der Waals surface area (Å²) in [5, 5.41) is 20.3. The molecule has 1 aliphatic rings. The van der Waals surface area contributed by atoms with Crippen molar-refractivity contribution in [3.63, 3.8) is 0 Å². The number of non-ortho nitro benzene ring substituents is 1. The van der Waals surface area contributed by atoms with Crippen LogP contribution in [0.1, 0.15) is 12.0 Å².